The van der Waals surface area contributed by atoms with Crippen molar-refractivity contribution < 1.29 is 4.79 Å². The van der Waals surface area contributed by atoms with Gasteiger partial charge in [0, 0.05) is 19.6 Å². The van der Waals surface area contributed by atoms with E-state index >= 15 is 0 Å². The van der Waals surface area contributed by atoms with Gasteiger partial charge in [-0.25, -0.2) is 0 Å². The average Bonchev–Trinajstić information content (AvgIpc) is 2.45. The van der Waals surface area contributed by atoms with Gasteiger partial charge in [0.15, 0.2) is 0 Å². The molecular formula is C15H22N2O. The first-order valence-corrected chi connectivity index (χ1v) is 6.67. The van der Waals surface area contributed by atoms with Gasteiger partial charge in [0.25, 0.3) is 0 Å². The van der Waals surface area contributed by atoms with Crippen LogP contribution in [0.5, 0.6) is 0 Å². The molecule has 1 aromatic carbocycles. The van der Waals surface area contributed by atoms with Crippen LogP contribution in [0.2, 0.25) is 0 Å². The maximum absolute atomic E-state index is 12.5. The fourth-order valence-electron chi connectivity index (χ4n) is 2.43. The van der Waals surface area contributed by atoms with Crippen LogP contribution in [0.3, 0.4) is 0 Å². The largest absolute Gasteiger partial charge is 0.338 e. The molecule has 1 aliphatic heterocycles. The molecule has 1 amide bonds. The zero-order chi connectivity index (χ0) is 13.2. The van der Waals surface area contributed by atoms with Crippen LogP contribution in [0.15, 0.2) is 24.3 Å². The van der Waals surface area contributed by atoms with E-state index in [9.17, 15) is 4.79 Å². The summed E-state index contributed by atoms with van der Waals surface area (Å²) in [6, 6.07) is 8.36. The number of hydrogen-bond acceptors (Lipinski definition) is 2. The van der Waals surface area contributed by atoms with E-state index in [1.165, 1.54) is 11.1 Å². The molecule has 0 saturated heterocycles. The summed E-state index contributed by atoms with van der Waals surface area (Å²) >= 11 is 0. The van der Waals surface area contributed by atoms with E-state index in [1.54, 1.807) is 0 Å². The predicted molar refractivity (Wildman–Crippen MR) is 73.0 cm³/mol. The molecule has 1 heterocycles. The smallest absolute Gasteiger partial charge is 0.230 e. The van der Waals surface area contributed by atoms with Crippen LogP contribution < -0.4 is 5.73 Å². The third-order valence-electron chi connectivity index (χ3n) is 4.17. The van der Waals surface area contributed by atoms with E-state index in [0.29, 0.717) is 6.54 Å². The fourth-order valence-corrected chi connectivity index (χ4v) is 2.43. The van der Waals surface area contributed by atoms with Crippen molar-refractivity contribution >= 4 is 5.91 Å². The Bertz CT molecular complexity index is 438. The molecule has 0 aromatic heterocycles. The van der Waals surface area contributed by atoms with E-state index < -0.39 is 5.41 Å². The van der Waals surface area contributed by atoms with Gasteiger partial charge in [0.1, 0.15) is 0 Å². The summed E-state index contributed by atoms with van der Waals surface area (Å²) in [7, 11) is 0. The normalized spacial score (nSPS) is 18.1. The van der Waals surface area contributed by atoms with Crippen molar-refractivity contribution in [1.82, 2.24) is 4.90 Å². The molecule has 0 fully saturated rings. The maximum Gasteiger partial charge on any atom is 0.230 e. The van der Waals surface area contributed by atoms with Gasteiger partial charge < -0.3 is 10.6 Å². The van der Waals surface area contributed by atoms with Crippen molar-refractivity contribution in [3.8, 4) is 0 Å². The minimum absolute atomic E-state index is 0.196. The topological polar surface area (TPSA) is 46.3 Å². The molecule has 0 aliphatic carbocycles. The molecule has 0 bridgehead atoms. The average molecular weight is 246 g/mol. The number of fused-ring (bicyclic) bond motifs is 1. The molecule has 0 saturated carbocycles. The summed E-state index contributed by atoms with van der Waals surface area (Å²) in [6.45, 7) is 5.95. The summed E-state index contributed by atoms with van der Waals surface area (Å²) in [5.41, 5.74) is 8.00. The van der Waals surface area contributed by atoms with E-state index in [1.807, 2.05) is 24.8 Å². The standard InChI is InChI=1S/C15H22N2O/c1-3-15(2,11-16)14(18)17-9-8-12-6-4-5-7-13(12)10-17/h4-7H,3,8-11,16H2,1-2H3. The number of carbonyl (C=O) groups is 1. The second-order valence-electron chi connectivity index (χ2n) is 5.36. The molecule has 2 N–H and O–H groups in total. The molecule has 1 unspecified atom stereocenters. The third-order valence-corrected chi connectivity index (χ3v) is 4.17. The Morgan fingerprint density at radius 2 is 2.06 bits per heavy atom. The summed E-state index contributed by atoms with van der Waals surface area (Å²) in [5.74, 6) is 0.196. The summed E-state index contributed by atoms with van der Waals surface area (Å²) in [4.78, 5) is 14.5. The molecule has 18 heavy (non-hydrogen) atoms. The van der Waals surface area contributed by atoms with Crippen molar-refractivity contribution in [2.45, 2.75) is 33.2 Å². The number of hydrogen-bond donors (Lipinski definition) is 1. The van der Waals surface area contributed by atoms with Crippen molar-refractivity contribution in [3.05, 3.63) is 35.4 Å². The number of amides is 1. The van der Waals surface area contributed by atoms with E-state index in [-0.39, 0.29) is 5.91 Å². The number of carbonyl (C=O) groups excluding carboxylic acids is 1. The van der Waals surface area contributed by atoms with Crippen molar-refractivity contribution in [1.29, 1.82) is 0 Å². The van der Waals surface area contributed by atoms with E-state index in [4.69, 9.17) is 5.73 Å². The zero-order valence-electron chi connectivity index (χ0n) is 11.3. The fraction of sp³-hybridized carbons (Fsp3) is 0.533. The van der Waals surface area contributed by atoms with Gasteiger partial charge in [-0.05, 0) is 30.9 Å². The first-order chi connectivity index (χ1) is 8.60. The van der Waals surface area contributed by atoms with Crippen molar-refractivity contribution in [3.63, 3.8) is 0 Å². The highest BCUT2D eigenvalue weighted by Gasteiger charge is 2.34. The lowest BCUT2D eigenvalue weighted by Crippen LogP contribution is -2.47. The highest BCUT2D eigenvalue weighted by Crippen LogP contribution is 2.26. The molecule has 0 spiro atoms. The van der Waals surface area contributed by atoms with Gasteiger partial charge in [0.2, 0.25) is 5.91 Å². The van der Waals surface area contributed by atoms with Gasteiger partial charge >= 0.3 is 0 Å². The van der Waals surface area contributed by atoms with Gasteiger partial charge in [0.05, 0.1) is 5.41 Å². The van der Waals surface area contributed by atoms with Gasteiger partial charge in [-0.15, -0.1) is 0 Å². The van der Waals surface area contributed by atoms with Crippen LogP contribution >= 0.6 is 0 Å². The molecule has 3 nitrogen and oxygen atoms in total. The molecule has 98 valence electrons. The Kier molecular flexibility index (Phi) is 3.71. The van der Waals surface area contributed by atoms with Crippen LogP contribution in [-0.2, 0) is 17.8 Å². The second kappa shape index (κ2) is 5.11. The Hall–Kier alpha value is -1.35. The minimum Gasteiger partial charge on any atom is -0.338 e. The van der Waals surface area contributed by atoms with Crippen LogP contribution in [0.1, 0.15) is 31.4 Å². The molecule has 0 radical (unpaired) electrons. The Morgan fingerprint density at radius 3 is 2.67 bits per heavy atom. The highest BCUT2D eigenvalue weighted by atomic mass is 16.2. The Labute approximate surface area is 109 Å². The predicted octanol–water partition coefficient (Wildman–Crippen LogP) is 1.95. The lowest BCUT2D eigenvalue weighted by molar-refractivity contribution is -0.142. The van der Waals surface area contributed by atoms with Crippen LogP contribution in [0.25, 0.3) is 0 Å². The SMILES string of the molecule is CCC(C)(CN)C(=O)N1CCc2ccccc2C1. The highest BCUT2D eigenvalue weighted by molar-refractivity contribution is 5.82. The maximum atomic E-state index is 12.5. The monoisotopic (exact) mass is 246 g/mol. The van der Waals surface area contributed by atoms with Gasteiger partial charge in [-0.1, -0.05) is 31.2 Å². The first kappa shape index (κ1) is 13.1. The first-order valence-electron chi connectivity index (χ1n) is 6.67. The van der Waals surface area contributed by atoms with Crippen molar-refractivity contribution in [2.75, 3.05) is 13.1 Å². The quantitative estimate of drug-likeness (QED) is 0.886. The lowest BCUT2D eigenvalue weighted by atomic mass is 9.85. The lowest BCUT2D eigenvalue weighted by Gasteiger charge is -2.36. The molecule has 1 aromatic rings. The Balaban J connectivity index is 2.16. The van der Waals surface area contributed by atoms with Gasteiger partial charge in [-0.2, -0.15) is 0 Å². The number of nitrogens with two attached hydrogens (primary N) is 1. The molecule has 3 heteroatoms. The summed E-state index contributed by atoms with van der Waals surface area (Å²) in [6.07, 6.45) is 1.74. The number of benzene rings is 1. The zero-order valence-corrected chi connectivity index (χ0v) is 11.3. The minimum atomic E-state index is -0.410. The molecule has 2 rings (SSSR count). The molecule has 1 aliphatic rings. The summed E-state index contributed by atoms with van der Waals surface area (Å²) in [5, 5.41) is 0. The van der Waals surface area contributed by atoms with Crippen LogP contribution in [0.4, 0.5) is 0 Å². The van der Waals surface area contributed by atoms with Crippen molar-refractivity contribution in [2.24, 2.45) is 11.1 Å². The molecular weight excluding hydrogens is 224 g/mol. The second-order valence-corrected chi connectivity index (χ2v) is 5.36. The Morgan fingerprint density at radius 1 is 1.39 bits per heavy atom. The van der Waals surface area contributed by atoms with Gasteiger partial charge in [-0.3, -0.25) is 4.79 Å². The number of rotatable bonds is 3. The van der Waals surface area contributed by atoms with E-state index in [2.05, 4.69) is 18.2 Å². The number of nitrogens with zero attached hydrogens (tertiary/aromatic N) is 1. The molecule has 1 atom stereocenters. The summed E-state index contributed by atoms with van der Waals surface area (Å²) < 4.78 is 0. The van der Waals surface area contributed by atoms with Crippen LogP contribution in [-0.4, -0.2) is 23.9 Å². The third kappa shape index (κ3) is 2.27. The van der Waals surface area contributed by atoms with E-state index in [0.717, 1.165) is 25.9 Å². The van der Waals surface area contributed by atoms with Crippen LogP contribution in [0, 0.1) is 5.41 Å².